The van der Waals surface area contributed by atoms with Gasteiger partial charge in [0.25, 0.3) is 11.8 Å². The number of thioether (sulfide) groups is 2. The third-order valence-corrected chi connectivity index (χ3v) is 17.5. The summed E-state index contributed by atoms with van der Waals surface area (Å²) in [6, 6.07) is 39.3. The molecule has 5 aromatic carbocycles. The molecular weight excluding hydrogens is 1220 g/mol. The Kier molecular flexibility index (Phi) is 19.9. The summed E-state index contributed by atoms with van der Waals surface area (Å²) in [5.41, 5.74) is -0.690. The molecule has 7 aromatic rings. The molecular formula is C65H65N5O15S4. The largest absolute Gasteiger partial charge is 0.514 e. The van der Waals surface area contributed by atoms with Gasteiger partial charge in [-0.3, -0.25) is 19.3 Å². The molecule has 0 aliphatic carbocycles. The van der Waals surface area contributed by atoms with E-state index >= 15 is 0 Å². The van der Waals surface area contributed by atoms with E-state index < -0.39 is 81.9 Å². The van der Waals surface area contributed by atoms with Crippen LogP contribution in [0, 0.1) is 0 Å². The monoisotopic (exact) mass is 1280 g/mol. The molecule has 1 fully saturated rings. The van der Waals surface area contributed by atoms with Gasteiger partial charge in [-0.15, -0.1) is 46.2 Å². The van der Waals surface area contributed by atoms with Crippen molar-refractivity contribution in [1.82, 2.24) is 15.2 Å². The number of hydrogen-bond donors (Lipinski definition) is 2. The van der Waals surface area contributed by atoms with E-state index in [4.69, 9.17) is 43.0 Å². The van der Waals surface area contributed by atoms with Crippen molar-refractivity contribution in [1.29, 1.82) is 0 Å². The van der Waals surface area contributed by atoms with Crippen LogP contribution in [0.2, 0.25) is 0 Å². The summed E-state index contributed by atoms with van der Waals surface area (Å²) in [7, 11) is 1.53. The van der Waals surface area contributed by atoms with Crippen LogP contribution in [-0.2, 0) is 55.1 Å². The lowest BCUT2D eigenvalue weighted by Gasteiger charge is -2.49. The van der Waals surface area contributed by atoms with E-state index in [0.29, 0.717) is 30.9 Å². The van der Waals surface area contributed by atoms with Crippen LogP contribution in [-0.4, -0.2) is 105 Å². The number of carbonyl (C=O) groups is 6. The number of nitrogens with zero attached hydrogens (tertiary/aromatic N) is 3. The third kappa shape index (κ3) is 16.1. The van der Waals surface area contributed by atoms with Crippen LogP contribution in [0.15, 0.2) is 164 Å². The molecule has 464 valence electrons. The molecule has 2 N–H and O–H groups in total. The minimum Gasteiger partial charge on any atom is -0.497 e. The summed E-state index contributed by atoms with van der Waals surface area (Å²) in [4.78, 5) is 108. The Morgan fingerprint density at radius 3 is 1.83 bits per heavy atom. The molecule has 0 bridgehead atoms. The van der Waals surface area contributed by atoms with Crippen molar-refractivity contribution in [3.8, 4) is 17.2 Å². The van der Waals surface area contributed by atoms with Crippen LogP contribution in [0.25, 0.3) is 10.1 Å². The van der Waals surface area contributed by atoms with Gasteiger partial charge in [-0.25, -0.2) is 24.2 Å². The number of methoxy groups -OCH3 is 1. The van der Waals surface area contributed by atoms with Crippen molar-refractivity contribution in [2.24, 2.45) is 5.16 Å². The van der Waals surface area contributed by atoms with E-state index in [9.17, 15) is 33.6 Å². The molecule has 2 atom stereocenters. The van der Waals surface area contributed by atoms with Gasteiger partial charge < -0.3 is 48.6 Å². The average Bonchev–Trinajstić information content (AvgIpc) is 0.849. The van der Waals surface area contributed by atoms with Gasteiger partial charge in [0.1, 0.15) is 57.5 Å². The lowest BCUT2D eigenvalue weighted by Crippen LogP contribution is -2.71. The van der Waals surface area contributed by atoms with Crippen molar-refractivity contribution >= 4 is 103 Å². The number of thiazole rings is 1. The molecule has 1 unspecified atom stereocenters. The first kappa shape index (κ1) is 64.8. The normalized spacial score (nSPS) is 15.2. The van der Waals surface area contributed by atoms with Gasteiger partial charge in [0.05, 0.1) is 11.3 Å². The zero-order valence-electron chi connectivity index (χ0n) is 50.4. The Morgan fingerprint density at radius 2 is 1.28 bits per heavy atom. The van der Waals surface area contributed by atoms with Crippen LogP contribution < -0.4 is 30.3 Å². The number of fused-ring (bicyclic) bond motifs is 2. The van der Waals surface area contributed by atoms with Gasteiger partial charge in [0.2, 0.25) is 6.61 Å². The zero-order valence-corrected chi connectivity index (χ0v) is 53.6. The van der Waals surface area contributed by atoms with Crippen molar-refractivity contribution < 1.29 is 66.8 Å². The second-order valence-corrected chi connectivity index (χ2v) is 27.5. The predicted molar refractivity (Wildman–Crippen MR) is 341 cm³/mol. The first-order chi connectivity index (χ1) is 42.3. The minimum atomic E-state index is -1.20. The van der Waals surface area contributed by atoms with E-state index in [1.165, 1.54) is 65.1 Å². The Bertz CT molecular complexity index is 3800. The highest BCUT2D eigenvalue weighted by Gasteiger charge is 2.55. The van der Waals surface area contributed by atoms with Gasteiger partial charge in [-0.2, -0.15) is 0 Å². The standard InChI is InChI=1S/C65H65N5O15S4/c1-62(2,3)83-50(72)34-80-69-52(45-37-88-59(66-45)68-65(40-20-14-11-15-21-40,41-22-16-12-17-23-41)42-24-18-13-19-25-42)55(73)67-53-56(74)70-54(58(75)79-33-38-26-28-43(78-10)29-27-38)39(36-87-57(53)70)35-86-51-31-46(71)44-30-47(81-60(76)84-63(4,5)6)48(32-49(44)89-51)82-61(77)85-64(7,8)9/h11-32,37,53,57H,33-36H2,1-10H3,(H,66,68)(H,67,73)/b69-52-/t53?,57-/m1/s1. The summed E-state index contributed by atoms with van der Waals surface area (Å²) in [6.45, 7) is 14.2. The molecule has 0 radical (unpaired) electrons. The first-order valence-corrected chi connectivity index (χ1v) is 31.7. The van der Waals surface area contributed by atoms with Crippen LogP contribution in [0.3, 0.4) is 0 Å². The van der Waals surface area contributed by atoms with E-state index in [1.807, 2.05) is 91.0 Å². The fraction of sp³-hybridized carbons (Fsp3) is 0.308. The van der Waals surface area contributed by atoms with Gasteiger partial charge in [-0.1, -0.05) is 108 Å². The number of oxime groups is 1. The van der Waals surface area contributed by atoms with Gasteiger partial charge in [0.15, 0.2) is 27.8 Å². The summed E-state index contributed by atoms with van der Waals surface area (Å²) in [5, 5.41) is 12.0. The second kappa shape index (κ2) is 27.4. The quantitative estimate of drug-likeness (QED) is 0.0105. The summed E-state index contributed by atoms with van der Waals surface area (Å²) < 4.78 is 39.2. The van der Waals surface area contributed by atoms with Crippen LogP contribution in [0.4, 0.5) is 14.7 Å². The second-order valence-electron chi connectivity index (χ2n) is 23.2. The van der Waals surface area contributed by atoms with E-state index in [-0.39, 0.29) is 52.1 Å². The highest BCUT2D eigenvalue weighted by molar-refractivity contribution is 8.02. The first-order valence-electron chi connectivity index (χ1n) is 27.9. The number of nitrogens with one attached hydrogen (secondary N) is 2. The molecule has 2 amide bonds. The highest BCUT2D eigenvalue weighted by Crippen LogP contribution is 2.45. The van der Waals surface area contributed by atoms with Crippen molar-refractivity contribution in [2.75, 3.05) is 30.5 Å². The Balaban J connectivity index is 1.01. The Hall–Kier alpha value is -8.71. The van der Waals surface area contributed by atoms with Gasteiger partial charge in [0, 0.05) is 39.1 Å². The molecule has 24 heteroatoms. The maximum atomic E-state index is 14.8. The molecule has 4 heterocycles. The molecule has 0 saturated carbocycles. The molecule has 0 spiro atoms. The SMILES string of the molecule is COc1ccc(COC(=O)C2=C(CSc3cc(=O)c4cc(OC(=O)OC(C)(C)C)c(OC(=O)OC(C)(C)C)cc4s3)CS[C@@H]3C(NC(=O)/C(=N\OCC(=O)OC(C)(C)C)c4csc(NC(c5ccccc5)(c5ccccc5)c5ccccc5)n4)C(=O)N23)cc1. The van der Waals surface area contributed by atoms with Crippen LogP contribution in [0.1, 0.15) is 90.3 Å². The fourth-order valence-corrected chi connectivity index (χ4v) is 13.8. The average molecular weight is 1280 g/mol. The lowest BCUT2D eigenvalue weighted by atomic mass is 9.77. The van der Waals surface area contributed by atoms with Crippen LogP contribution in [0.5, 0.6) is 17.2 Å². The predicted octanol–water partition coefficient (Wildman–Crippen LogP) is 12.0. The lowest BCUT2D eigenvalue weighted by molar-refractivity contribution is -0.160. The zero-order chi connectivity index (χ0) is 63.8. The number of anilines is 1. The van der Waals surface area contributed by atoms with Crippen molar-refractivity contribution in [2.45, 2.75) is 107 Å². The van der Waals surface area contributed by atoms with Crippen LogP contribution >= 0.6 is 46.2 Å². The maximum Gasteiger partial charge on any atom is 0.514 e. The molecule has 1 saturated heterocycles. The number of benzene rings is 5. The topological polar surface area (TPSA) is 246 Å². The molecule has 20 nitrogen and oxygen atoms in total. The Morgan fingerprint density at radius 1 is 0.719 bits per heavy atom. The van der Waals surface area contributed by atoms with Gasteiger partial charge >= 0.3 is 24.2 Å². The number of amides is 2. The molecule has 2 aromatic heterocycles. The number of β-lactam (4-membered cyclic amide) rings is 1. The summed E-state index contributed by atoms with van der Waals surface area (Å²) in [6.07, 6.45) is -2.19. The molecule has 89 heavy (non-hydrogen) atoms. The maximum absolute atomic E-state index is 14.8. The molecule has 2 aliphatic rings. The third-order valence-electron chi connectivity index (χ3n) is 13.0. The van der Waals surface area contributed by atoms with E-state index in [0.717, 1.165) is 28.0 Å². The number of carbonyl (C=O) groups excluding carboxylic acids is 6. The Labute approximate surface area is 530 Å². The number of hydrogen-bond acceptors (Lipinski definition) is 22. The number of esters is 2. The van der Waals surface area contributed by atoms with Crippen molar-refractivity contribution in [3.05, 3.63) is 188 Å². The van der Waals surface area contributed by atoms with Crippen molar-refractivity contribution in [3.63, 3.8) is 0 Å². The molecule has 2 aliphatic heterocycles. The molecule has 9 rings (SSSR count). The van der Waals surface area contributed by atoms with E-state index in [1.54, 1.807) is 92.0 Å². The highest BCUT2D eigenvalue weighted by atomic mass is 32.2. The minimum absolute atomic E-state index is 0.0427. The van der Waals surface area contributed by atoms with E-state index in [2.05, 4.69) is 15.8 Å². The number of aromatic nitrogens is 1. The fourth-order valence-electron chi connectivity index (χ4n) is 9.29. The smallest absolute Gasteiger partial charge is 0.497 e. The number of ether oxygens (including phenoxy) is 7. The van der Waals surface area contributed by atoms with Gasteiger partial charge in [-0.05, 0) is 108 Å². The number of rotatable bonds is 20. The summed E-state index contributed by atoms with van der Waals surface area (Å²) >= 11 is 4.84. The summed E-state index contributed by atoms with van der Waals surface area (Å²) in [5.74, 6) is -2.69.